The number of benzene rings is 1. The second-order valence-corrected chi connectivity index (χ2v) is 10.4. The van der Waals surface area contributed by atoms with E-state index in [4.69, 9.17) is 18.9 Å². The molecule has 0 aromatic heterocycles. The van der Waals surface area contributed by atoms with Crippen LogP contribution in [0.3, 0.4) is 0 Å². The predicted octanol–water partition coefficient (Wildman–Crippen LogP) is 1.28. The number of rotatable bonds is 9. The number of aliphatic hydroxyl groups is 3. The van der Waals surface area contributed by atoms with Gasteiger partial charge in [-0.2, -0.15) is 17.4 Å². The molecule has 6 atom stereocenters. The fraction of sp³-hybridized carbons (Fsp3) is 0.538. The molecule has 2 radical (unpaired) electrons. The molecule has 3 rings (SSSR count). The van der Waals surface area contributed by atoms with Crippen LogP contribution in [-0.4, -0.2) is 71.1 Å². The van der Waals surface area contributed by atoms with Gasteiger partial charge in [-0.3, -0.25) is 4.79 Å². The van der Waals surface area contributed by atoms with Crippen LogP contribution in [0.15, 0.2) is 23.8 Å². The Morgan fingerprint density at radius 1 is 1.13 bits per heavy atom. The number of amides is 1. The summed E-state index contributed by atoms with van der Waals surface area (Å²) in [6, 6.07) is 3.60. The van der Waals surface area contributed by atoms with Crippen LogP contribution in [0.5, 0.6) is 11.5 Å². The smallest absolute Gasteiger partial charge is 0.247 e. The van der Waals surface area contributed by atoms with Gasteiger partial charge in [-0.25, -0.2) is 0 Å². The molecule has 0 spiro atoms. The zero-order valence-electron chi connectivity index (χ0n) is 22.6. The van der Waals surface area contributed by atoms with Gasteiger partial charge in [0.1, 0.15) is 37.3 Å². The van der Waals surface area contributed by atoms with Gasteiger partial charge in [-0.15, -0.1) is 0 Å². The van der Waals surface area contributed by atoms with E-state index in [-0.39, 0.29) is 112 Å². The van der Waals surface area contributed by atoms with E-state index >= 15 is 0 Å². The van der Waals surface area contributed by atoms with Crippen LogP contribution in [0.4, 0.5) is 0 Å². The van der Waals surface area contributed by atoms with Crippen molar-refractivity contribution in [2.75, 3.05) is 6.79 Å². The van der Waals surface area contributed by atoms with Crippen molar-refractivity contribution < 1.29 is 126 Å². The van der Waals surface area contributed by atoms with E-state index in [9.17, 15) is 24.9 Å². The number of carbonyl (C=O) groups is 1. The predicted molar refractivity (Wildman–Crippen MR) is 129 cm³/mol. The molecule has 1 heterocycles. The van der Waals surface area contributed by atoms with Gasteiger partial charge in [-0.05, 0) is 24.6 Å². The normalized spacial score (nSPS) is 26.6. The first-order chi connectivity index (χ1) is 16.8. The topological polar surface area (TPSA) is 144 Å². The van der Waals surface area contributed by atoms with Gasteiger partial charge in [0.05, 0.1) is 6.04 Å². The van der Waals surface area contributed by atoms with Crippen LogP contribution in [0.1, 0.15) is 40.2 Å². The maximum atomic E-state index is 12.8. The molecule has 13 heteroatoms. The van der Waals surface area contributed by atoms with E-state index in [1.807, 2.05) is 27.7 Å². The van der Waals surface area contributed by atoms with Crippen LogP contribution in [0.2, 0.25) is 0 Å². The average molecular weight is 882 g/mol. The third-order valence-electron chi connectivity index (χ3n) is 6.99. The number of nitrogens with one attached hydrogen (secondary N) is 1. The van der Waals surface area contributed by atoms with E-state index in [1.165, 1.54) is 25.5 Å². The van der Waals surface area contributed by atoms with Gasteiger partial charge in [0, 0.05) is 99.5 Å². The number of ether oxygens (including phenoxy) is 4. The van der Waals surface area contributed by atoms with E-state index in [0.717, 1.165) is 0 Å². The molecule has 1 aromatic carbocycles. The molecule has 1 aliphatic carbocycles. The van der Waals surface area contributed by atoms with Gasteiger partial charge < -0.3 is 51.3 Å². The molecule has 212 valence electrons. The second kappa shape index (κ2) is 16.2. The minimum atomic E-state index is -1.46. The van der Waals surface area contributed by atoms with Gasteiger partial charge >= 0.3 is 0 Å². The fourth-order valence-electron chi connectivity index (χ4n) is 3.74. The minimum absolute atomic E-state index is 0. The number of fused-ring (bicyclic) bond motifs is 1. The van der Waals surface area contributed by atoms with Crippen molar-refractivity contribution in [2.45, 2.75) is 71.2 Å². The molecule has 1 saturated heterocycles. The van der Waals surface area contributed by atoms with Gasteiger partial charge in [0.15, 0.2) is 6.47 Å². The summed E-state index contributed by atoms with van der Waals surface area (Å²) in [5.41, 5.74) is 0.0239. The molecule has 10 nitrogen and oxygen atoms in total. The molecule has 0 unspecified atom stereocenters. The zero-order valence-corrected chi connectivity index (χ0v) is 31.0. The van der Waals surface area contributed by atoms with Crippen molar-refractivity contribution in [2.24, 2.45) is 10.8 Å². The maximum absolute atomic E-state index is 12.8. The molecule has 1 aliphatic heterocycles. The monoisotopic (exact) mass is 882 g/mol. The summed E-state index contributed by atoms with van der Waals surface area (Å²) in [5, 5.41) is 33.8. The van der Waals surface area contributed by atoms with Crippen LogP contribution < -0.4 is 14.8 Å². The molecule has 39 heavy (non-hydrogen) atoms. The van der Waals surface area contributed by atoms with Crippen molar-refractivity contribution in [3.05, 3.63) is 42.9 Å². The number of hydrogen-bond acceptors (Lipinski definition) is 9. The Bertz CT molecular complexity index is 1000. The molecule has 2 aliphatic rings. The van der Waals surface area contributed by atoms with E-state index < -0.39 is 47.9 Å². The first kappa shape index (κ1) is 39.2. The Balaban J connectivity index is 0.00000481. The SMILES string of the molecule is [CH2-]C(C)(C)C(C)(C)[CH-]Oc1ccc(/C=C(\C)C(=O)N[C@@H]2[C@H](O)[C@@H](O)[C@H]3OCO[C@H]3[C@@H]2O)cc1O[C-]=O.[U].[V].[Y]. The van der Waals surface area contributed by atoms with Crippen LogP contribution in [-0.2, 0) is 70.3 Å². The van der Waals surface area contributed by atoms with Crippen LogP contribution in [0.25, 0.3) is 6.08 Å². The number of hydrogen-bond donors (Lipinski definition) is 4. The second-order valence-electron chi connectivity index (χ2n) is 10.4. The summed E-state index contributed by atoms with van der Waals surface area (Å²) < 4.78 is 21.2. The Hall–Kier alpha value is 0.240. The molecule has 4 N–H and O–H groups in total. The van der Waals surface area contributed by atoms with Gasteiger partial charge in [0.25, 0.3) is 0 Å². The van der Waals surface area contributed by atoms with Crippen molar-refractivity contribution in [3.63, 3.8) is 0 Å². The van der Waals surface area contributed by atoms with Crippen molar-refractivity contribution >= 4 is 18.5 Å². The first-order valence-electron chi connectivity index (χ1n) is 11.6. The average Bonchev–Trinajstić information content (AvgIpc) is 3.29. The molecule has 2 fully saturated rings. The number of carbonyl (C=O) groups excluding carboxylic acids is 2. The Kier molecular flexibility index (Phi) is 16.3. The molecule has 1 aromatic rings. The summed E-state index contributed by atoms with van der Waals surface area (Å²) in [6.45, 7) is 16.4. The molecule has 1 amide bonds. The first-order valence-corrected chi connectivity index (χ1v) is 11.6. The van der Waals surface area contributed by atoms with Crippen molar-refractivity contribution in [1.82, 2.24) is 5.32 Å². The largest absolute Gasteiger partial charge is 0.672 e. The standard InChI is InChI=1S/C26H34NO9.U.V.Y/c1-14(24(32)27-18-19(29)21(31)23-22(20(18)30)35-13-36-23)9-15-7-8-16(17(10-15)34-12-28)33-11-26(5,6)25(2,3)4;;;/h7-11,18-23,29-31H,2,13H2,1,3-6H3,(H,27,32);;;/q-3;;;/b14-9+;;;/t18-,19+,20-,21-,22+,23-;;;/m1.../s1. The zero-order chi connectivity index (χ0) is 26.8. The van der Waals surface area contributed by atoms with E-state index in [2.05, 4.69) is 12.2 Å². The Morgan fingerprint density at radius 3 is 2.28 bits per heavy atom. The molecule has 0 bridgehead atoms. The molecular weight excluding hydrogens is 848 g/mol. The Morgan fingerprint density at radius 2 is 1.72 bits per heavy atom. The Labute approximate surface area is 290 Å². The van der Waals surface area contributed by atoms with Gasteiger partial charge in [0.2, 0.25) is 5.91 Å². The third kappa shape index (κ3) is 9.36. The van der Waals surface area contributed by atoms with E-state index in [1.54, 1.807) is 18.7 Å². The summed E-state index contributed by atoms with van der Waals surface area (Å²) in [4.78, 5) is 23.7. The van der Waals surface area contributed by atoms with Crippen LogP contribution >= 0.6 is 0 Å². The summed E-state index contributed by atoms with van der Waals surface area (Å²) >= 11 is 0. The number of aliphatic hydroxyl groups excluding tert-OH is 3. The van der Waals surface area contributed by atoms with Gasteiger partial charge in [-0.1, -0.05) is 39.8 Å². The third-order valence-corrected chi connectivity index (χ3v) is 6.99. The maximum Gasteiger partial charge on any atom is 0.247 e. The minimum Gasteiger partial charge on any atom is -0.672 e. The van der Waals surface area contributed by atoms with Crippen LogP contribution in [0, 0.1) is 55.5 Å². The quantitative estimate of drug-likeness (QED) is 0.213. The molecule has 1 saturated carbocycles. The van der Waals surface area contributed by atoms with E-state index in [0.29, 0.717) is 5.56 Å². The summed E-state index contributed by atoms with van der Waals surface area (Å²) in [5.74, 6) is -0.197. The van der Waals surface area contributed by atoms with Crippen molar-refractivity contribution in [1.29, 1.82) is 0 Å². The molecular formula is C26H34NO9UVY-3. The van der Waals surface area contributed by atoms with Crippen molar-refractivity contribution in [3.8, 4) is 11.5 Å². The summed E-state index contributed by atoms with van der Waals surface area (Å²) in [7, 11) is 0. The summed E-state index contributed by atoms with van der Waals surface area (Å²) in [6.07, 6.45) is -4.30. The fourth-order valence-corrected chi connectivity index (χ4v) is 3.74.